The highest BCUT2D eigenvalue weighted by molar-refractivity contribution is 7.99. The minimum Gasteiger partial charge on any atom is -0.467 e. The Kier molecular flexibility index (Phi) is 7.61. The third-order valence-electron chi connectivity index (χ3n) is 2.86. The number of carbonyl (C=O) groups is 2. The van der Waals surface area contributed by atoms with Crippen molar-refractivity contribution in [2.75, 3.05) is 12.9 Å². The molecule has 0 saturated carbocycles. The molecular weight excluding hydrogens is 310 g/mol. The van der Waals surface area contributed by atoms with Crippen LogP contribution in [0.15, 0.2) is 29.2 Å². The summed E-state index contributed by atoms with van der Waals surface area (Å²) >= 11 is 7.56. The molecule has 116 valence electrons. The normalized spacial score (nSPS) is 12.0. The Morgan fingerprint density at radius 2 is 2.00 bits per heavy atom. The molecule has 0 spiro atoms. The van der Waals surface area contributed by atoms with Crippen LogP contribution in [-0.4, -0.2) is 30.8 Å². The maximum atomic E-state index is 11.9. The molecule has 1 N–H and O–H groups in total. The second-order valence-corrected chi connectivity index (χ2v) is 6.39. The minimum absolute atomic E-state index is 0.0161. The van der Waals surface area contributed by atoms with E-state index in [-0.39, 0.29) is 11.8 Å². The van der Waals surface area contributed by atoms with Gasteiger partial charge < -0.3 is 10.1 Å². The molecule has 1 unspecified atom stereocenters. The molecule has 1 aromatic rings. The van der Waals surface area contributed by atoms with E-state index in [0.717, 1.165) is 4.90 Å². The Bertz CT molecular complexity index is 494. The smallest absolute Gasteiger partial charge is 0.328 e. The molecule has 4 nitrogen and oxygen atoms in total. The quantitative estimate of drug-likeness (QED) is 0.617. The van der Waals surface area contributed by atoms with Crippen LogP contribution in [0.2, 0.25) is 5.02 Å². The van der Waals surface area contributed by atoms with Gasteiger partial charge in [0.2, 0.25) is 5.91 Å². The molecular formula is C15H20ClNO3S. The molecule has 21 heavy (non-hydrogen) atoms. The fourth-order valence-electron chi connectivity index (χ4n) is 1.69. The summed E-state index contributed by atoms with van der Waals surface area (Å²) < 4.78 is 4.69. The van der Waals surface area contributed by atoms with Gasteiger partial charge in [-0.1, -0.05) is 37.6 Å². The molecule has 0 fully saturated rings. The molecule has 0 saturated heterocycles. The highest BCUT2D eigenvalue weighted by Crippen LogP contribution is 2.26. The average molecular weight is 330 g/mol. The Morgan fingerprint density at radius 1 is 1.33 bits per heavy atom. The van der Waals surface area contributed by atoms with Crippen LogP contribution in [0.3, 0.4) is 0 Å². The van der Waals surface area contributed by atoms with Gasteiger partial charge in [-0.15, -0.1) is 11.8 Å². The van der Waals surface area contributed by atoms with E-state index in [1.165, 1.54) is 18.9 Å². The van der Waals surface area contributed by atoms with Gasteiger partial charge in [-0.25, -0.2) is 4.79 Å². The molecule has 1 rings (SSSR count). The average Bonchev–Trinajstić information content (AvgIpc) is 2.45. The summed E-state index contributed by atoms with van der Waals surface area (Å²) in [4.78, 5) is 24.4. The van der Waals surface area contributed by atoms with Crippen LogP contribution in [0.4, 0.5) is 0 Å². The predicted molar refractivity (Wildman–Crippen MR) is 85.6 cm³/mol. The van der Waals surface area contributed by atoms with Crippen molar-refractivity contribution in [2.45, 2.75) is 31.2 Å². The monoisotopic (exact) mass is 329 g/mol. The first-order valence-corrected chi connectivity index (χ1v) is 8.06. The first kappa shape index (κ1) is 17.9. The number of halogens is 1. The standard InChI is InChI=1S/C15H20ClNO3S/c1-10(2)14(15(19)20-3)17-13(18)8-9-21-12-7-5-4-6-11(12)16/h4-7,10,14H,8-9H2,1-3H3,(H,17,18). The summed E-state index contributed by atoms with van der Waals surface area (Å²) in [7, 11) is 1.32. The van der Waals surface area contributed by atoms with Crippen LogP contribution >= 0.6 is 23.4 Å². The number of thioether (sulfide) groups is 1. The fourth-order valence-corrected chi connectivity index (χ4v) is 2.87. The number of esters is 1. The van der Waals surface area contributed by atoms with Crippen LogP contribution in [0, 0.1) is 5.92 Å². The van der Waals surface area contributed by atoms with Crippen LogP contribution in [0.25, 0.3) is 0 Å². The number of amides is 1. The lowest BCUT2D eigenvalue weighted by molar-refractivity contribution is -0.146. The van der Waals surface area contributed by atoms with Crippen molar-refractivity contribution in [1.82, 2.24) is 5.32 Å². The van der Waals surface area contributed by atoms with E-state index in [0.29, 0.717) is 17.2 Å². The molecule has 0 aliphatic carbocycles. The lowest BCUT2D eigenvalue weighted by Gasteiger charge is -2.19. The molecule has 0 radical (unpaired) electrons. The van der Waals surface area contributed by atoms with Crippen molar-refractivity contribution in [3.63, 3.8) is 0 Å². The summed E-state index contributed by atoms with van der Waals surface area (Å²) in [5, 5.41) is 3.39. The van der Waals surface area contributed by atoms with Gasteiger partial charge >= 0.3 is 5.97 Å². The van der Waals surface area contributed by atoms with Gasteiger partial charge in [0.05, 0.1) is 12.1 Å². The summed E-state index contributed by atoms with van der Waals surface area (Å²) in [5.41, 5.74) is 0. The van der Waals surface area contributed by atoms with Gasteiger partial charge in [0.1, 0.15) is 6.04 Å². The first-order chi connectivity index (χ1) is 9.95. The summed E-state index contributed by atoms with van der Waals surface area (Å²) in [6, 6.07) is 6.89. The zero-order valence-electron chi connectivity index (χ0n) is 12.4. The highest BCUT2D eigenvalue weighted by Gasteiger charge is 2.24. The Labute approximate surface area is 134 Å². The van der Waals surface area contributed by atoms with E-state index in [9.17, 15) is 9.59 Å². The number of methoxy groups -OCH3 is 1. The summed E-state index contributed by atoms with van der Waals surface area (Å²) in [6.45, 7) is 3.72. The Balaban J connectivity index is 2.43. The third kappa shape index (κ3) is 5.98. The van der Waals surface area contributed by atoms with Crippen molar-refractivity contribution in [1.29, 1.82) is 0 Å². The molecule has 6 heteroatoms. The second kappa shape index (κ2) is 8.95. The maximum absolute atomic E-state index is 11.9. The van der Waals surface area contributed by atoms with Crippen molar-refractivity contribution in [3.05, 3.63) is 29.3 Å². The molecule has 0 aliphatic heterocycles. The SMILES string of the molecule is COC(=O)C(NC(=O)CCSc1ccccc1Cl)C(C)C. The van der Waals surface area contributed by atoms with Crippen LogP contribution < -0.4 is 5.32 Å². The van der Waals surface area contributed by atoms with E-state index >= 15 is 0 Å². The highest BCUT2D eigenvalue weighted by atomic mass is 35.5. The number of hydrogen-bond donors (Lipinski definition) is 1. The van der Waals surface area contributed by atoms with Crippen LogP contribution in [-0.2, 0) is 14.3 Å². The Morgan fingerprint density at radius 3 is 2.57 bits per heavy atom. The number of carbonyl (C=O) groups excluding carboxylic acids is 2. The number of hydrogen-bond acceptors (Lipinski definition) is 4. The second-order valence-electron chi connectivity index (χ2n) is 4.84. The molecule has 1 aromatic carbocycles. The third-order valence-corrected chi connectivity index (χ3v) is 4.38. The van der Waals surface area contributed by atoms with E-state index in [2.05, 4.69) is 10.1 Å². The minimum atomic E-state index is -0.604. The largest absolute Gasteiger partial charge is 0.467 e. The number of nitrogens with one attached hydrogen (secondary N) is 1. The molecule has 0 bridgehead atoms. The molecule has 0 heterocycles. The van der Waals surface area contributed by atoms with Gasteiger partial charge in [-0.2, -0.15) is 0 Å². The van der Waals surface area contributed by atoms with Gasteiger partial charge in [0.25, 0.3) is 0 Å². The van der Waals surface area contributed by atoms with Gasteiger partial charge in [0, 0.05) is 17.1 Å². The predicted octanol–water partition coefficient (Wildman–Crippen LogP) is 3.14. The fraction of sp³-hybridized carbons (Fsp3) is 0.467. The summed E-state index contributed by atoms with van der Waals surface area (Å²) in [6.07, 6.45) is 0.316. The maximum Gasteiger partial charge on any atom is 0.328 e. The lowest BCUT2D eigenvalue weighted by Crippen LogP contribution is -2.45. The van der Waals surface area contributed by atoms with E-state index in [1.54, 1.807) is 0 Å². The van der Waals surface area contributed by atoms with Gasteiger partial charge in [0.15, 0.2) is 0 Å². The molecule has 0 aliphatic rings. The first-order valence-electron chi connectivity index (χ1n) is 6.70. The van der Waals surface area contributed by atoms with Crippen LogP contribution in [0.1, 0.15) is 20.3 Å². The van der Waals surface area contributed by atoms with E-state index < -0.39 is 12.0 Å². The van der Waals surface area contributed by atoms with Crippen LogP contribution in [0.5, 0.6) is 0 Å². The van der Waals surface area contributed by atoms with Crippen molar-refractivity contribution < 1.29 is 14.3 Å². The topological polar surface area (TPSA) is 55.4 Å². The molecule has 1 amide bonds. The van der Waals surface area contributed by atoms with Gasteiger partial charge in [-0.3, -0.25) is 4.79 Å². The van der Waals surface area contributed by atoms with E-state index in [1.807, 2.05) is 38.1 Å². The summed E-state index contributed by atoms with van der Waals surface area (Å²) in [5.74, 6) is -0.00459. The number of benzene rings is 1. The van der Waals surface area contributed by atoms with Crippen molar-refractivity contribution in [2.24, 2.45) is 5.92 Å². The van der Waals surface area contributed by atoms with E-state index in [4.69, 9.17) is 11.6 Å². The molecule has 0 aromatic heterocycles. The number of ether oxygens (including phenoxy) is 1. The van der Waals surface area contributed by atoms with Crippen molar-refractivity contribution >= 4 is 35.2 Å². The van der Waals surface area contributed by atoms with Crippen molar-refractivity contribution in [3.8, 4) is 0 Å². The lowest BCUT2D eigenvalue weighted by atomic mass is 10.0. The Hall–Kier alpha value is -1.20. The zero-order valence-corrected chi connectivity index (χ0v) is 14.0. The zero-order chi connectivity index (χ0) is 15.8. The number of rotatable bonds is 7. The molecule has 1 atom stereocenters. The van der Waals surface area contributed by atoms with Gasteiger partial charge in [-0.05, 0) is 18.1 Å².